The highest BCUT2D eigenvalue weighted by atomic mass is 16.1. The van der Waals surface area contributed by atoms with E-state index in [9.17, 15) is 4.79 Å². The van der Waals surface area contributed by atoms with Crippen molar-refractivity contribution in [3.63, 3.8) is 0 Å². The minimum absolute atomic E-state index is 0.548. The maximum absolute atomic E-state index is 9.92. The van der Waals surface area contributed by atoms with Gasteiger partial charge in [-0.2, -0.15) is 5.10 Å². The van der Waals surface area contributed by atoms with Crippen LogP contribution in [0.15, 0.2) is 35.4 Å². The fourth-order valence-corrected chi connectivity index (χ4v) is 0.867. The molecule has 1 N–H and O–H groups in total. The molecule has 0 aliphatic heterocycles. The molecule has 0 aliphatic carbocycles. The third kappa shape index (κ3) is 2.20. The molecule has 12 heavy (non-hydrogen) atoms. The Balaban J connectivity index is 2.77. The molecule has 0 unspecified atom stereocenters. The van der Waals surface area contributed by atoms with Gasteiger partial charge < -0.3 is 0 Å². The van der Waals surface area contributed by atoms with Crippen LogP contribution in [-0.4, -0.2) is 12.1 Å². The molecule has 3 nitrogen and oxygen atoms in total. The largest absolute Gasteiger partial charge is 0.277 e. The summed E-state index contributed by atoms with van der Waals surface area (Å²) in [5.41, 5.74) is 4.05. The molecule has 1 aromatic carbocycles. The Kier molecular flexibility index (Phi) is 3.02. The summed E-state index contributed by atoms with van der Waals surface area (Å²) >= 11 is 0. The van der Waals surface area contributed by atoms with Gasteiger partial charge in [0, 0.05) is 0 Å². The van der Waals surface area contributed by atoms with Gasteiger partial charge in [-0.05, 0) is 12.5 Å². The molecule has 1 aromatic rings. The third-order valence-corrected chi connectivity index (χ3v) is 1.48. The van der Waals surface area contributed by atoms with Gasteiger partial charge in [0.2, 0.25) is 6.41 Å². The van der Waals surface area contributed by atoms with Crippen LogP contribution < -0.4 is 5.43 Å². The van der Waals surface area contributed by atoms with Crippen LogP contribution >= 0.6 is 0 Å². The van der Waals surface area contributed by atoms with Crippen LogP contribution in [0.25, 0.3) is 0 Å². The molecule has 0 aromatic heterocycles. The summed E-state index contributed by atoms with van der Waals surface area (Å²) in [7, 11) is 0. The Hall–Kier alpha value is -1.64. The predicted molar refractivity (Wildman–Crippen MR) is 47.9 cm³/mol. The first kappa shape index (κ1) is 8.46. The number of carbonyl (C=O) groups excluding carboxylic acids is 1. The minimum atomic E-state index is 0.548. The Morgan fingerprint density at radius 2 is 2.08 bits per heavy atom. The molecule has 0 bridgehead atoms. The Bertz CT molecular complexity index is 280. The average Bonchev–Trinajstić information content (AvgIpc) is 2.15. The van der Waals surface area contributed by atoms with Gasteiger partial charge in [0.05, 0.1) is 5.71 Å². The molecular weight excluding hydrogens is 152 g/mol. The van der Waals surface area contributed by atoms with Gasteiger partial charge in [0.15, 0.2) is 0 Å². The van der Waals surface area contributed by atoms with Gasteiger partial charge in [0.25, 0.3) is 0 Å². The van der Waals surface area contributed by atoms with Crippen molar-refractivity contribution in [3.05, 3.63) is 35.9 Å². The van der Waals surface area contributed by atoms with Gasteiger partial charge in [0.1, 0.15) is 0 Å². The summed E-state index contributed by atoms with van der Waals surface area (Å²) in [6.45, 7) is 1.84. The second-order valence-electron chi connectivity index (χ2n) is 2.31. The van der Waals surface area contributed by atoms with Crippen LogP contribution in [0.1, 0.15) is 12.5 Å². The lowest BCUT2D eigenvalue weighted by Gasteiger charge is -1.97. The highest BCUT2D eigenvalue weighted by Gasteiger charge is 1.93. The standard InChI is InChI=1S/C9H10N2O/c1-8(11-10-7-12)9-5-3-2-4-6-9/h2-7H,1H3,(H,10,12)/b11-8-. The van der Waals surface area contributed by atoms with Gasteiger partial charge in [-0.15, -0.1) is 0 Å². The lowest BCUT2D eigenvalue weighted by Crippen LogP contribution is -2.06. The number of hydrogen-bond donors (Lipinski definition) is 1. The quantitative estimate of drug-likeness (QED) is 0.404. The first-order chi connectivity index (χ1) is 5.84. The number of nitrogens with one attached hydrogen (secondary N) is 1. The summed E-state index contributed by atoms with van der Waals surface area (Å²) < 4.78 is 0. The van der Waals surface area contributed by atoms with Crippen molar-refractivity contribution in [2.45, 2.75) is 6.92 Å². The fraction of sp³-hybridized carbons (Fsp3) is 0.111. The number of amides is 1. The van der Waals surface area contributed by atoms with E-state index >= 15 is 0 Å². The zero-order valence-corrected chi connectivity index (χ0v) is 6.82. The average molecular weight is 162 g/mol. The lowest BCUT2D eigenvalue weighted by molar-refractivity contribution is -0.109. The maximum Gasteiger partial charge on any atom is 0.227 e. The van der Waals surface area contributed by atoms with Crippen LogP contribution in [-0.2, 0) is 4.79 Å². The van der Waals surface area contributed by atoms with Gasteiger partial charge in [-0.3, -0.25) is 4.79 Å². The molecule has 1 rings (SSSR count). The highest BCUT2D eigenvalue weighted by molar-refractivity contribution is 5.98. The maximum atomic E-state index is 9.92. The smallest absolute Gasteiger partial charge is 0.227 e. The van der Waals surface area contributed by atoms with E-state index in [0.29, 0.717) is 6.41 Å². The lowest BCUT2D eigenvalue weighted by atomic mass is 10.1. The third-order valence-electron chi connectivity index (χ3n) is 1.48. The number of carbonyl (C=O) groups is 1. The first-order valence-electron chi connectivity index (χ1n) is 3.63. The van der Waals surface area contributed by atoms with Crippen molar-refractivity contribution in [1.29, 1.82) is 0 Å². The number of benzene rings is 1. The normalized spacial score (nSPS) is 10.9. The molecule has 1 amide bonds. The van der Waals surface area contributed by atoms with E-state index in [1.165, 1.54) is 0 Å². The minimum Gasteiger partial charge on any atom is -0.277 e. The monoisotopic (exact) mass is 162 g/mol. The van der Waals surface area contributed by atoms with Crippen LogP contribution in [0.4, 0.5) is 0 Å². The molecular formula is C9H10N2O. The van der Waals surface area contributed by atoms with Crippen molar-refractivity contribution in [2.24, 2.45) is 5.10 Å². The summed E-state index contributed by atoms with van der Waals surface area (Å²) in [6, 6.07) is 9.66. The topological polar surface area (TPSA) is 41.5 Å². The van der Waals surface area contributed by atoms with E-state index in [4.69, 9.17) is 0 Å². The van der Waals surface area contributed by atoms with Gasteiger partial charge in [-0.1, -0.05) is 30.3 Å². The zero-order valence-electron chi connectivity index (χ0n) is 6.82. The van der Waals surface area contributed by atoms with Crippen molar-refractivity contribution < 1.29 is 4.79 Å². The van der Waals surface area contributed by atoms with Crippen molar-refractivity contribution >= 4 is 12.1 Å². The SMILES string of the molecule is C/C(=N/NC=O)c1ccccc1. The van der Waals surface area contributed by atoms with Crippen molar-refractivity contribution in [1.82, 2.24) is 5.43 Å². The van der Waals surface area contributed by atoms with E-state index in [1.807, 2.05) is 37.3 Å². The van der Waals surface area contributed by atoms with Gasteiger partial charge >= 0.3 is 0 Å². The molecule has 0 fully saturated rings. The molecule has 3 heteroatoms. The van der Waals surface area contributed by atoms with Crippen LogP contribution in [0.2, 0.25) is 0 Å². The highest BCUT2D eigenvalue weighted by Crippen LogP contribution is 1.99. The molecule has 0 spiro atoms. The second-order valence-corrected chi connectivity index (χ2v) is 2.31. The number of rotatable bonds is 3. The van der Waals surface area contributed by atoms with E-state index in [-0.39, 0.29) is 0 Å². The van der Waals surface area contributed by atoms with E-state index in [0.717, 1.165) is 11.3 Å². The van der Waals surface area contributed by atoms with E-state index in [2.05, 4.69) is 10.5 Å². The number of hydrogen-bond acceptors (Lipinski definition) is 2. The molecule has 62 valence electrons. The number of nitrogens with zero attached hydrogens (tertiary/aromatic N) is 1. The van der Waals surface area contributed by atoms with Gasteiger partial charge in [-0.25, -0.2) is 5.43 Å². The number of hydrazone groups is 1. The van der Waals surface area contributed by atoms with E-state index < -0.39 is 0 Å². The van der Waals surface area contributed by atoms with Crippen LogP contribution in [0.5, 0.6) is 0 Å². The Morgan fingerprint density at radius 1 is 1.42 bits per heavy atom. The Morgan fingerprint density at radius 3 is 2.67 bits per heavy atom. The van der Waals surface area contributed by atoms with Crippen molar-refractivity contribution in [2.75, 3.05) is 0 Å². The van der Waals surface area contributed by atoms with E-state index in [1.54, 1.807) is 0 Å². The summed E-state index contributed by atoms with van der Waals surface area (Å²) in [5.74, 6) is 0. The molecule has 0 heterocycles. The molecule has 0 aliphatic rings. The van der Waals surface area contributed by atoms with Crippen LogP contribution in [0.3, 0.4) is 0 Å². The molecule has 0 radical (unpaired) electrons. The van der Waals surface area contributed by atoms with Crippen molar-refractivity contribution in [3.8, 4) is 0 Å². The second kappa shape index (κ2) is 4.28. The van der Waals surface area contributed by atoms with Crippen LogP contribution in [0, 0.1) is 0 Å². The summed E-state index contributed by atoms with van der Waals surface area (Å²) in [6.07, 6.45) is 0.548. The Labute approximate surface area is 71.1 Å². The first-order valence-corrected chi connectivity index (χ1v) is 3.63. The zero-order chi connectivity index (χ0) is 8.81. The fourth-order valence-electron chi connectivity index (χ4n) is 0.867. The predicted octanol–water partition coefficient (Wildman–Crippen LogP) is 1.16. The molecule has 0 saturated heterocycles. The molecule has 0 atom stereocenters. The summed E-state index contributed by atoms with van der Waals surface area (Å²) in [4.78, 5) is 9.92. The molecule has 0 saturated carbocycles. The summed E-state index contributed by atoms with van der Waals surface area (Å²) in [5, 5.41) is 3.81.